The van der Waals surface area contributed by atoms with E-state index in [1.165, 1.54) is 12.1 Å². The highest BCUT2D eigenvalue weighted by Crippen LogP contribution is 2.23. The molecule has 0 atom stereocenters. The van der Waals surface area contributed by atoms with Gasteiger partial charge in [-0.25, -0.2) is 8.42 Å². The van der Waals surface area contributed by atoms with Crippen LogP contribution in [0, 0.1) is 6.92 Å². The van der Waals surface area contributed by atoms with E-state index in [0.717, 1.165) is 31.2 Å². The molecule has 0 unspecified atom stereocenters. The van der Waals surface area contributed by atoms with Crippen LogP contribution in [0.3, 0.4) is 0 Å². The Kier molecular flexibility index (Phi) is 6.19. The van der Waals surface area contributed by atoms with Crippen molar-refractivity contribution in [2.24, 2.45) is 0 Å². The van der Waals surface area contributed by atoms with Crippen molar-refractivity contribution < 1.29 is 13.2 Å². The number of carbonyl (C=O) groups excluding carboxylic acids is 1. The highest BCUT2D eigenvalue weighted by Gasteiger charge is 2.25. The maximum Gasteiger partial charge on any atom is 0.255 e. The van der Waals surface area contributed by atoms with Crippen LogP contribution in [0.25, 0.3) is 0 Å². The van der Waals surface area contributed by atoms with Gasteiger partial charge in [-0.3, -0.25) is 4.79 Å². The summed E-state index contributed by atoms with van der Waals surface area (Å²) in [5.74, 6) is -0.306. The van der Waals surface area contributed by atoms with Crippen molar-refractivity contribution in [1.82, 2.24) is 4.31 Å². The number of nitrogens with zero attached hydrogens (tertiary/aromatic N) is 1. The van der Waals surface area contributed by atoms with E-state index in [-0.39, 0.29) is 10.8 Å². The van der Waals surface area contributed by atoms with Crippen LogP contribution in [0.1, 0.15) is 41.6 Å². The zero-order valence-electron chi connectivity index (χ0n) is 15.2. The molecule has 0 aromatic heterocycles. The highest BCUT2D eigenvalue weighted by atomic mass is 35.5. The Hall–Kier alpha value is -1.89. The number of anilines is 1. The van der Waals surface area contributed by atoms with Gasteiger partial charge in [-0.2, -0.15) is 4.31 Å². The summed E-state index contributed by atoms with van der Waals surface area (Å²) in [5, 5.41) is 3.35. The molecule has 1 fully saturated rings. The third kappa shape index (κ3) is 4.69. The molecule has 5 nitrogen and oxygen atoms in total. The number of rotatable bonds is 4. The lowest BCUT2D eigenvalue weighted by atomic mass is 10.1. The molecule has 0 bridgehead atoms. The normalized spacial score (nSPS) is 15.9. The van der Waals surface area contributed by atoms with Crippen LogP contribution in [0.2, 0.25) is 5.02 Å². The highest BCUT2D eigenvalue weighted by molar-refractivity contribution is 7.89. The van der Waals surface area contributed by atoms with Gasteiger partial charge in [0.2, 0.25) is 10.0 Å². The average molecular weight is 407 g/mol. The van der Waals surface area contributed by atoms with Crippen molar-refractivity contribution >= 4 is 33.2 Å². The summed E-state index contributed by atoms with van der Waals surface area (Å²) in [6.07, 6.45) is 3.90. The first-order valence-corrected chi connectivity index (χ1v) is 10.9. The summed E-state index contributed by atoms with van der Waals surface area (Å²) < 4.78 is 27.2. The Morgan fingerprint density at radius 2 is 1.63 bits per heavy atom. The van der Waals surface area contributed by atoms with Crippen molar-refractivity contribution in [2.75, 3.05) is 18.4 Å². The molecule has 3 rings (SSSR count). The van der Waals surface area contributed by atoms with E-state index >= 15 is 0 Å². The molecule has 0 spiro atoms. The molecule has 1 saturated heterocycles. The van der Waals surface area contributed by atoms with Gasteiger partial charge in [0.1, 0.15) is 0 Å². The molecule has 27 heavy (non-hydrogen) atoms. The Morgan fingerprint density at radius 3 is 2.26 bits per heavy atom. The number of benzene rings is 2. The lowest BCUT2D eigenvalue weighted by molar-refractivity contribution is 0.102. The fourth-order valence-corrected chi connectivity index (χ4v) is 4.82. The number of hydrogen-bond donors (Lipinski definition) is 1. The van der Waals surface area contributed by atoms with Crippen LogP contribution < -0.4 is 5.32 Å². The molecule has 1 aliphatic heterocycles. The maximum atomic E-state index is 12.8. The van der Waals surface area contributed by atoms with E-state index in [0.29, 0.717) is 29.4 Å². The van der Waals surface area contributed by atoms with Gasteiger partial charge in [0.15, 0.2) is 0 Å². The lowest BCUT2D eigenvalue weighted by Gasteiger charge is -2.20. The Balaban J connectivity index is 1.76. The molecule has 0 aliphatic carbocycles. The van der Waals surface area contributed by atoms with Gasteiger partial charge in [-0.15, -0.1) is 0 Å². The molecule has 0 radical (unpaired) electrons. The fraction of sp³-hybridized carbons (Fsp3) is 0.350. The molecule has 1 amide bonds. The van der Waals surface area contributed by atoms with Gasteiger partial charge in [-0.1, -0.05) is 30.5 Å². The Morgan fingerprint density at radius 1 is 1.00 bits per heavy atom. The van der Waals surface area contributed by atoms with Crippen molar-refractivity contribution in [3.63, 3.8) is 0 Å². The minimum atomic E-state index is -3.51. The van der Waals surface area contributed by atoms with E-state index in [2.05, 4.69) is 5.32 Å². The van der Waals surface area contributed by atoms with Gasteiger partial charge in [0, 0.05) is 29.4 Å². The van der Waals surface area contributed by atoms with Crippen LogP contribution in [-0.2, 0) is 10.0 Å². The van der Waals surface area contributed by atoms with E-state index in [9.17, 15) is 13.2 Å². The minimum absolute atomic E-state index is 0.222. The van der Waals surface area contributed by atoms with E-state index in [1.54, 1.807) is 28.6 Å². The first-order chi connectivity index (χ1) is 12.9. The van der Waals surface area contributed by atoms with Crippen LogP contribution in [0.4, 0.5) is 5.69 Å². The molecule has 144 valence electrons. The average Bonchev–Trinajstić information content (AvgIpc) is 2.95. The summed E-state index contributed by atoms with van der Waals surface area (Å²) >= 11 is 5.98. The lowest BCUT2D eigenvalue weighted by Crippen LogP contribution is -2.31. The predicted octanol–water partition coefficient (Wildman–Crippen LogP) is 4.47. The summed E-state index contributed by atoms with van der Waals surface area (Å²) in [4.78, 5) is 12.7. The van der Waals surface area contributed by atoms with Gasteiger partial charge in [0.05, 0.1) is 4.90 Å². The quantitative estimate of drug-likeness (QED) is 0.814. The van der Waals surface area contributed by atoms with Gasteiger partial charge >= 0.3 is 0 Å². The second kappa shape index (κ2) is 8.42. The SMILES string of the molecule is Cc1ccc(Cl)cc1NC(=O)c1ccc(S(=O)(=O)N2CCCCCC2)cc1. The number of halogens is 1. The smallest absolute Gasteiger partial charge is 0.255 e. The summed E-state index contributed by atoms with van der Waals surface area (Å²) in [7, 11) is -3.51. The number of hydrogen-bond acceptors (Lipinski definition) is 3. The molecule has 7 heteroatoms. The predicted molar refractivity (Wildman–Crippen MR) is 108 cm³/mol. The van der Waals surface area contributed by atoms with Gasteiger partial charge in [0.25, 0.3) is 5.91 Å². The van der Waals surface area contributed by atoms with Crippen LogP contribution >= 0.6 is 11.6 Å². The summed E-state index contributed by atoms with van der Waals surface area (Å²) in [6, 6.07) is 11.4. The fourth-order valence-electron chi connectivity index (χ4n) is 3.13. The second-order valence-electron chi connectivity index (χ2n) is 6.76. The number of nitrogens with one attached hydrogen (secondary N) is 1. The first-order valence-electron chi connectivity index (χ1n) is 9.05. The third-order valence-corrected chi connectivity index (χ3v) is 6.92. The van der Waals surface area contributed by atoms with Crippen LogP contribution in [0.15, 0.2) is 47.4 Å². The molecule has 1 heterocycles. The molecule has 0 saturated carbocycles. The number of amides is 1. The molecule has 2 aromatic carbocycles. The topological polar surface area (TPSA) is 66.5 Å². The van der Waals surface area contributed by atoms with Gasteiger partial charge in [-0.05, 0) is 61.7 Å². The molecular formula is C20H23ClN2O3S. The molecule has 1 N–H and O–H groups in total. The van der Waals surface area contributed by atoms with Crippen LogP contribution in [0.5, 0.6) is 0 Å². The van der Waals surface area contributed by atoms with Crippen molar-refractivity contribution in [2.45, 2.75) is 37.5 Å². The Labute approximate surface area is 165 Å². The van der Waals surface area contributed by atoms with E-state index < -0.39 is 10.0 Å². The monoisotopic (exact) mass is 406 g/mol. The van der Waals surface area contributed by atoms with Crippen LogP contribution in [-0.4, -0.2) is 31.7 Å². The number of carbonyl (C=O) groups is 1. The molecule has 1 aliphatic rings. The van der Waals surface area contributed by atoms with Crippen molar-refractivity contribution in [3.8, 4) is 0 Å². The largest absolute Gasteiger partial charge is 0.322 e. The zero-order valence-corrected chi connectivity index (χ0v) is 16.8. The first kappa shape index (κ1) is 19.9. The van der Waals surface area contributed by atoms with Gasteiger partial charge < -0.3 is 5.32 Å². The molecular weight excluding hydrogens is 384 g/mol. The van der Waals surface area contributed by atoms with E-state index in [4.69, 9.17) is 11.6 Å². The third-order valence-electron chi connectivity index (χ3n) is 4.77. The standard InChI is InChI=1S/C20H23ClN2O3S/c1-15-6-9-17(21)14-19(15)22-20(24)16-7-10-18(11-8-16)27(25,26)23-12-4-2-3-5-13-23/h6-11,14H,2-5,12-13H2,1H3,(H,22,24). The summed E-state index contributed by atoms with van der Waals surface area (Å²) in [5.41, 5.74) is 1.92. The van der Waals surface area contributed by atoms with E-state index in [1.807, 2.05) is 13.0 Å². The number of sulfonamides is 1. The zero-order chi connectivity index (χ0) is 19.4. The summed E-state index contributed by atoms with van der Waals surface area (Å²) in [6.45, 7) is 2.99. The number of aryl methyl sites for hydroxylation is 1. The maximum absolute atomic E-state index is 12.8. The second-order valence-corrected chi connectivity index (χ2v) is 9.13. The Bertz CT molecular complexity index is 919. The molecule has 2 aromatic rings. The van der Waals surface area contributed by atoms with Crippen molar-refractivity contribution in [1.29, 1.82) is 0 Å². The minimum Gasteiger partial charge on any atom is -0.322 e. The van der Waals surface area contributed by atoms with Crippen molar-refractivity contribution in [3.05, 3.63) is 58.6 Å².